The molecule has 2 aliphatic rings. The lowest BCUT2D eigenvalue weighted by Crippen LogP contribution is -2.25. The van der Waals surface area contributed by atoms with Crippen molar-refractivity contribution in [2.45, 2.75) is 88.9 Å². The first-order chi connectivity index (χ1) is 18.9. The number of benzene rings is 1. The van der Waals surface area contributed by atoms with Gasteiger partial charge in [0.2, 0.25) is 5.95 Å². The zero-order chi connectivity index (χ0) is 27.4. The van der Waals surface area contributed by atoms with Crippen LogP contribution in [0.25, 0.3) is 11.2 Å². The Balaban J connectivity index is 1.38. The summed E-state index contributed by atoms with van der Waals surface area (Å²) in [5.41, 5.74) is 1.66. The molecule has 2 fully saturated rings. The van der Waals surface area contributed by atoms with E-state index in [1.54, 1.807) is 24.4 Å². The number of aliphatic hydroxyl groups is 3. The van der Waals surface area contributed by atoms with E-state index in [1.165, 1.54) is 6.07 Å². The number of ketones is 1. The van der Waals surface area contributed by atoms with Crippen LogP contribution < -0.4 is 5.32 Å². The van der Waals surface area contributed by atoms with Crippen molar-refractivity contribution in [1.82, 2.24) is 19.5 Å². The largest absolute Gasteiger partial charge is 0.394 e. The van der Waals surface area contributed by atoms with Gasteiger partial charge < -0.3 is 20.6 Å². The van der Waals surface area contributed by atoms with Gasteiger partial charge in [0.1, 0.15) is 22.9 Å². The molecule has 1 aromatic carbocycles. The van der Waals surface area contributed by atoms with Gasteiger partial charge in [-0.3, -0.25) is 9.36 Å². The van der Waals surface area contributed by atoms with E-state index in [0.29, 0.717) is 41.6 Å². The maximum atomic E-state index is 14.5. The Morgan fingerprint density at radius 3 is 2.54 bits per heavy atom. The average Bonchev–Trinajstić information content (AvgIpc) is 3.31. The number of carbonyl (C=O) groups excluding carboxylic acids is 1. The summed E-state index contributed by atoms with van der Waals surface area (Å²) in [5, 5.41) is 31.7. The van der Waals surface area contributed by atoms with Crippen LogP contribution >= 0.6 is 0 Å². The number of rotatable bonds is 10. The summed E-state index contributed by atoms with van der Waals surface area (Å²) < 4.78 is 16.6. The number of hydrogen-bond donors (Lipinski definition) is 4. The van der Waals surface area contributed by atoms with Crippen LogP contribution in [0, 0.1) is 17.7 Å². The third-order valence-electron chi connectivity index (χ3n) is 8.34. The highest BCUT2D eigenvalue weighted by Crippen LogP contribution is 2.38. The number of aliphatic hydroxyl groups excluding tert-OH is 3. The summed E-state index contributed by atoms with van der Waals surface area (Å²) in [5.74, 6) is 1.36. The van der Waals surface area contributed by atoms with E-state index in [4.69, 9.17) is 15.1 Å². The van der Waals surface area contributed by atoms with Crippen LogP contribution in [-0.4, -0.2) is 59.4 Å². The first-order valence-electron chi connectivity index (χ1n) is 14.2. The van der Waals surface area contributed by atoms with Gasteiger partial charge in [0.15, 0.2) is 5.65 Å². The zero-order valence-corrected chi connectivity index (χ0v) is 22.2. The third-order valence-corrected chi connectivity index (χ3v) is 8.34. The summed E-state index contributed by atoms with van der Waals surface area (Å²) >= 11 is 0. The van der Waals surface area contributed by atoms with E-state index in [2.05, 4.69) is 10.3 Å². The lowest BCUT2D eigenvalue weighted by molar-refractivity contribution is -0.124. The molecular formula is C29H38FN5O4. The number of hydrogen-bond acceptors (Lipinski definition) is 8. The third kappa shape index (κ3) is 6.62. The second-order valence-corrected chi connectivity index (χ2v) is 11.1. The molecule has 5 rings (SSSR count). The standard InChI is InChI=1S/C29H38FN5O4/c30-23-3-1-2-4-24(23)32-29-33-25-16-31-27(15-18-5-11-21(37)12-6-18)34-28(25)35(29)20-9-7-19(8-10-20)26(39)14-13-22(38)17-36/h1-4,16,18-22,36-38H,5-15,17H2,(H,32,33)/t18?,19?,20?,21?,22-/m1/s1. The smallest absolute Gasteiger partial charge is 0.210 e. The fraction of sp³-hybridized carbons (Fsp3) is 0.586. The van der Waals surface area contributed by atoms with Gasteiger partial charge in [0.25, 0.3) is 0 Å². The van der Waals surface area contributed by atoms with Gasteiger partial charge in [-0.05, 0) is 75.8 Å². The fourth-order valence-corrected chi connectivity index (χ4v) is 6.01. The number of anilines is 2. The van der Waals surface area contributed by atoms with Crippen molar-refractivity contribution >= 4 is 28.6 Å². The molecule has 4 N–H and O–H groups in total. The number of carbonyl (C=O) groups is 1. The van der Waals surface area contributed by atoms with Gasteiger partial charge in [-0.25, -0.2) is 19.3 Å². The van der Waals surface area contributed by atoms with Crippen molar-refractivity contribution in [2.24, 2.45) is 11.8 Å². The predicted molar refractivity (Wildman–Crippen MR) is 145 cm³/mol. The highest BCUT2D eigenvalue weighted by atomic mass is 19.1. The summed E-state index contributed by atoms with van der Waals surface area (Å²) in [6.07, 6.45) is 8.38. The van der Waals surface area contributed by atoms with Crippen molar-refractivity contribution < 1.29 is 24.5 Å². The topological polar surface area (TPSA) is 133 Å². The number of nitrogens with one attached hydrogen (secondary N) is 1. The molecule has 3 aromatic rings. The van der Waals surface area contributed by atoms with E-state index < -0.39 is 6.10 Å². The fourth-order valence-electron chi connectivity index (χ4n) is 6.01. The number of halogens is 1. The molecule has 0 amide bonds. The quantitative estimate of drug-likeness (QED) is 0.301. The van der Waals surface area contributed by atoms with Crippen LogP contribution in [0.1, 0.15) is 76.1 Å². The van der Waals surface area contributed by atoms with Crippen LogP contribution in [0.5, 0.6) is 0 Å². The van der Waals surface area contributed by atoms with Crippen LogP contribution in [-0.2, 0) is 11.2 Å². The minimum absolute atomic E-state index is 0.0314. The monoisotopic (exact) mass is 539 g/mol. The normalized spacial score (nSPS) is 24.5. The summed E-state index contributed by atoms with van der Waals surface area (Å²) in [4.78, 5) is 27.0. The molecule has 10 heteroatoms. The van der Waals surface area contributed by atoms with Crippen molar-refractivity contribution in [3.8, 4) is 0 Å². The van der Waals surface area contributed by atoms with Gasteiger partial charge in [-0.15, -0.1) is 0 Å². The Hall–Kier alpha value is -2.95. The lowest BCUT2D eigenvalue weighted by atomic mass is 9.82. The van der Waals surface area contributed by atoms with Crippen molar-refractivity contribution in [2.75, 3.05) is 11.9 Å². The molecule has 2 aromatic heterocycles. The second kappa shape index (κ2) is 12.5. The molecule has 0 bridgehead atoms. The molecule has 0 spiro atoms. The van der Waals surface area contributed by atoms with E-state index in [9.17, 15) is 19.4 Å². The second-order valence-electron chi connectivity index (χ2n) is 11.1. The minimum atomic E-state index is -0.859. The first kappa shape index (κ1) is 27.6. The number of imidazole rings is 1. The van der Waals surface area contributed by atoms with Gasteiger partial charge in [-0.1, -0.05) is 12.1 Å². The molecular weight excluding hydrogens is 501 g/mol. The number of Topliss-reactive ketones (excluding diaryl/α,β-unsaturated/α-hetero) is 1. The molecule has 2 heterocycles. The highest BCUT2D eigenvalue weighted by Gasteiger charge is 2.30. The summed E-state index contributed by atoms with van der Waals surface area (Å²) in [7, 11) is 0. The number of fused-ring (bicyclic) bond motifs is 1. The number of aromatic nitrogens is 4. The molecule has 2 saturated carbocycles. The average molecular weight is 540 g/mol. The summed E-state index contributed by atoms with van der Waals surface area (Å²) in [6, 6.07) is 6.51. The van der Waals surface area contributed by atoms with Crippen molar-refractivity contribution in [3.63, 3.8) is 0 Å². The lowest BCUT2D eigenvalue weighted by Gasteiger charge is -2.30. The summed E-state index contributed by atoms with van der Waals surface area (Å²) in [6.45, 7) is -0.335. The zero-order valence-electron chi connectivity index (χ0n) is 22.2. The molecule has 2 aliphatic carbocycles. The number of para-hydroxylation sites is 1. The molecule has 210 valence electrons. The van der Waals surface area contributed by atoms with Gasteiger partial charge in [0.05, 0.1) is 30.7 Å². The van der Waals surface area contributed by atoms with E-state index >= 15 is 0 Å². The molecule has 0 aliphatic heterocycles. The van der Waals surface area contributed by atoms with E-state index in [0.717, 1.165) is 50.8 Å². The first-order valence-corrected chi connectivity index (χ1v) is 14.2. The van der Waals surface area contributed by atoms with Gasteiger partial charge >= 0.3 is 0 Å². The Morgan fingerprint density at radius 1 is 1.08 bits per heavy atom. The molecule has 0 radical (unpaired) electrons. The van der Waals surface area contributed by atoms with Crippen LogP contribution in [0.2, 0.25) is 0 Å². The predicted octanol–water partition coefficient (Wildman–Crippen LogP) is 4.24. The maximum Gasteiger partial charge on any atom is 0.210 e. The Bertz CT molecular complexity index is 1270. The molecule has 0 saturated heterocycles. The van der Waals surface area contributed by atoms with E-state index in [1.807, 2.05) is 4.57 Å². The maximum absolute atomic E-state index is 14.5. The Morgan fingerprint density at radius 2 is 1.82 bits per heavy atom. The SMILES string of the molecule is O=C(CC[C@@H](O)CO)C1CCC(n2c(Nc3ccccc3F)nc3cnc(CC4CCC(O)CC4)nc32)CC1. The molecule has 0 unspecified atom stereocenters. The highest BCUT2D eigenvalue weighted by molar-refractivity contribution is 5.81. The van der Waals surface area contributed by atoms with Crippen molar-refractivity contribution in [1.29, 1.82) is 0 Å². The van der Waals surface area contributed by atoms with Crippen molar-refractivity contribution in [3.05, 3.63) is 42.1 Å². The molecule has 9 nitrogen and oxygen atoms in total. The van der Waals surface area contributed by atoms with Crippen LogP contribution in [0.3, 0.4) is 0 Å². The van der Waals surface area contributed by atoms with Gasteiger partial charge in [-0.2, -0.15) is 0 Å². The minimum Gasteiger partial charge on any atom is -0.394 e. The van der Waals surface area contributed by atoms with E-state index in [-0.39, 0.29) is 49.1 Å². The van der Waals surface area contributed by atoms with Crippen LogP contribution in [0.15, 0.2) is 30.5 Å². The van der Waals surface area contributed by atoms with Crippen LogP contribution in [0.4, 0.5) is 16.0 Å². The Labute approximate surface area is 227 Å². The van der Waals surface area contributed by atoms with Gasteiger partial charge in [0, 0.05) is 24.8 Å². The number of nitrogens with zero attached hydrogens (tertiary/aromatic N) is 4. The molecule has 1 atom stereocenters. The Kier molecular flexibility index (Phi) is 8.84. The molecule has 39 heavy (non-hydrogen) atoms.